The summed E-state index contributed by atoms with van der Waals surface area (Å²) in [4.78, 5) is 33.3. The van der Waals surface area contributed by atoms with Gasteiger partial charge in [0.25, 0.3) is 5.91 Å². The number of hydrogen-bond acceptors (Lipinski definition) is 5. The van der Waals surface area contributed by atoms with Crippen LogP contribution in [0.5, 0.6) is 0 Å². The van der Waals surface area contributed by atoms with Gasteiger partial charge in [-0.2, -0.15) is 0 Å². The van der Waals surface area contributed by atoms with Gasteiger partial charge >= 0.3 is 6.09 Å². The van der Waals surface area contributed by atoms with Gasteiger partial charge in [0.1, 0.15) is 5.60 Å². The van der Waals surface area contributed by atoms with Crippen LogP contribution in [0.3, 0.4) is 0 Å². The van der Waals surface area contributed by atoms with Gasteiger partial charge in [0.15, 0.2) is 11.7 Å². The summed E-state index contributed by atoms with van der Waals surface area (Å²) in [5.74, 6) is 1.07. The molecule has 9 nitrogen and oxygen atoms in total. The van der Waals surface area contributed by atoms with Crippen molar-refractivity contribution in [2.24, 2.45) is 4.99 Å². The van der Waals surface area contributed by atoms with E-state index in [0.29, 0.717) is 38.5 Å². The van der Waals surface area contributed by atoms with E-state index in [1.165, 1.54) is 6.26 Å². The highest BCUT2D eigenvalue weighted by Crippen LogP contribution is 2.11. The molecule has 2 N–H and O–H groups in total. The average Bonchev–Trinajstić information content (AvgIpc) is 3.24. The number of hydrogen-bond donors (Lipinski definition) is 2. The molecule has 1 saturated heterocycles. The molecule has 2 rings (SSSR count). The lowest BCUT2D eigenvalue weighted by molar-refractivity contribution is 0.0503. The third-order valence-electron chi connectivity index (χ3n) is 4.75. The van der Waals surface area contributed by atoms with Crippen molar-refractivity contribution in [1.29, 1.82) is 0 Å². The van der Waals surface area contributed by atoms with E-state index in [4.69, 9.17) is 14.1 Å². The van der Waals surface area contributed by atoms with Gasteiger partial charge in [-0.25, -0.2) is 4.79 Å². The number of rotatable bonds is 7. The summed E-state index contributed by atoms with van der Waals surface area (Å²) in [5, 5.41) is 6.26. The molecule has 1 aliphatic rings. The maximum Gasteiger partial charge on any atom is 0.407 e. The highest BCUT2D eigenvalue weighted by molar-refractivity contribution is 5.91. The minimum atomic E-state index is -0.536. The highest BCUT2D eigenvalue weighted by Gasteiger charge is 2.25. The van der Waals surface area contributed by atoms with Gasteiger partial charge < -0.3 is 29.6 Å². The molecule has 0 radical (unpaired) electrons. The number of amides is 2. The van der Waals surface area contributed by atoms with Crippen LogP contribution in [0, 0.1) is 0 Å². The first kappa shape index (κ1) is 24.6. The highest BCUT2D eigenvalue weighted by atomic mass is 16.6. The molecule has 174 valence electrons. The van der Waals surface area contributed by atoms with E-state index in [2.05, 4.69) is 22.5 Å². The fourth-order valence-corrected chi connectivity index (χ4v) is 3.33. The number of alkyl carbamates (subject to hydrolysis) is 1. The largest absolute Gasteiger partial charge is 0.459 e. The molecule has 1 atom stereocenters. The van der Waals surface area contributed by atoms with Gasteiger partial charge in [-0.3, -0.25) is 9.79 Å². The standard InChI is InChI=1S/C22H37N5O4/c1-6-9-17(25-21(29)31-22(3,4)5)16-24-20(23-7-2)27-13-11-26(12-14-27)19(28)18-10-8-15-30-18/h8,10,15,17H,6-7,9,11-14,16H2,1-5H3,(H,23,24)(H,25,29). The van der Waals surface area contributed by atoms with Gasteiger partial charge in [-0.1, -0.05) is 13.3 Å². The zero-order valence-electron chi connectivity index (χ0n) is 19.4. The molecule has 2 amide bonds. The Morgan fingerprint density at radius 1 is 1.19 bits per heavy atom. The Balaban J connectivity index is 1.95. The maximum absolute atomic E-state index is 12.5. The average molecular weight is 436 g/mol. The first-order valence-corrected chi connectivity index (χ1v) is 11.1. The summed E-state index contributed by atoms with van der Waals surface area (Å²) in [6.45, 7) is 13.4. The summed E-state index contributed by atoms with van der Waals surface area (Å²) in [6, 6.07) is 3.30. The molecule has 2 heterocycles. The molecule has 1 aromatic heterocycles. The molecule has 0 saturated carbocycles. The van der Waals surface area contributed by atoms with Crippen molar-refractivity contribution in [3.05, 3.63) is 24.2 Å². The summed E-state index contributed by atoms with van der Waals surface area (Å²) in [5.41, 5.74) is -0.536. The topological polar surface area (TPSA) is 99.4 Å². The third-order valence-corrected chi connectivity index (χ3v) is 4.75. The molecule has 9 heteroatoms. The number of nitrogens with zero attached hydrogens (tertiary/aromatic N) is 3. The van der Waals surface area contributed by atoms with Crippen LogP contribution in [0.1, 0.15) is 58.0 Å². The van der Waals surface area contributed by atoms with Crippen molar-refractivity contribution < 1.29 is 18.7 Å². The van der Waals surface area contributed by atoms with Gasteiger partial charge in [-0.05, 0) is 46.2 Å². The molecule has 0 bridgehead atoms. The van der Waals surface area contributed by atoms with E-state index < -0.39 is 11.7 Å². The van der Waals surface area contributed by atoms with Crippen molar-refractivity contribution in [3.8, 4) is 0 Å². The van der Waals surface area contributed by atoms with E-state index in [0.717, 1.165) is 25.3 Å². The monoisotopic (exact) mass is 435 g/mol. The van der Waals surface area contributed by atoms with Crippen molar-refractivity contribution >= 4 is 18.0 Å². The molecule has 1 aliphatic heterocycles. The molecule has 0 aromatic carbocycles. The number of furan rings is 1. The van der Waals surface area contributed by atoms with Gasteiger partial charge in [0.05, 0.1) is 18.8 Å². The Labute approximate surface area is 185 Å². The van der Waals surface area contributed by atoms with E-state index >= 15 is 0 Å². The van der Waals surface area contributed by atoms with E-state index in [-0.39, 0.29) is 11.9 Å². The van der Waals surface area contributed by atoms with Gasteiger partial charge in [-0.15, -0.1) is 0 Å². The van der Waals surface area contributed by atoms with Crippen LogP contribution < -0.4 is 10.6 Å². The minimum absolute atomic E-state index is 0.0869. The number of ether oxygens (including phenoxy) is 1. The molecule has 1 aromatic rings. The normalized spacial score (nSPS) is 16.1. The predicted octanol–water partition coefficient (Wildman–Crippen LogP) is 2.70. The van der Waals surface area contributed by atoms with Crippen LogP contribution in [0.2, 0.25) is 0 Å². The van der Waals surface area contributed by atoms with E-state index in [1.54, 1.807) is 17.0 Å². The second-order valence-corrected chi connectivity index (χ2v) is 8.58. The number of piperazine rings is 1. The van der Waals surface area contributed by atoms with Crippen LogP contribution in [-0.2, 0) is 4.74 Å². The Morgan fingerprint density at radius 2 is 1.87 bits per heavy atom. The maximum atomic E-state index is 12.5. The first-order valence-electron chi connectivity index (χ1n) is 11.1. The van der Waals surface area contributed by atoms with Crippen LogP contribution in [-0.4, -0.2) is 78.7 Å². The van der Waals surface area contributed by atoms with E-state index in [1.807, 2.05) is 27.7 Å². The second-order valence-electron chi connectivity index (χ2n) is 8.58. The fourth-order valence-electron chi connectivity index (χ4n) is 3.33. The summed E-state index contributed by atoms with van der Waals surface area (Å²) in [7, 11) is 0. The fraction of sp³-hybridized carbons (Fsp3) is 0.682. The quantitative estimate of drug-likeness (QED) is 0.505. The molecular weight excluding hydrogens is 398 g/mol. The van der Waals surface area contributed by atoms with Crippen molar-refractivity contribution in [1.82, 2.24) is 20.4 Å². The van der Waals surface area contributed by atoms with Gasteiger partial charge in [0.2, 0.25) is 0 Å². The first-order chi connectivity index (χ1) is 14.7. The second kappa shape index (κ2) is 11.6. The van der Waals surface area contributed by atoms with Crippen LogP contribution in [0.4, 0.5) is 4.79 Å². The molecular formula is C22H37N5O4. The third kappa shape index (κ3) is 8.15. The molecule has 31 heavy (non-hydrogen) atoms. The lowest BCUT2D eigenvalue weighted by Crippen LogP contribution is -2.54. The minimum Gasteiger partial charge on any atom is -0.459 e. The molecule has 0 aliphatic carbocycles. The number of carbonyl (C=O) groups excluding carboxylic acids is 2. The van der Waals surface area contributed by atoms with Crippen LogP contribution in [0.15, 0.2) is 27.8 Å². The van der Waals surface area contributed by atoms with Crippen LogP contribution in [0.25, 0.3) is 0 Å². The summed E-state index contributed by atoms with van der Waals surface area (Å²) in [6.07, 6.45) is 2.83. The Morgan fingerprint density at radius 3 is 2.42 bits per heavy atom. The summed E-state index contributed by atoms with van der Waals surface area (Å²) >= 11 is 0. The molecule has 1 unspecified atom stereocenters. The van der Waals surface area contributed by atoms with Crippen molar-refractivity contribution in [2.75, 3.05) is 39.3 Å². The molecule has 1 fully saturated rings. The summed E-state index contributed by atoms with van der Waals surface area (Å²) < 4.78 is 10.6. The SMILES string of the molecule is CCCC(CN=C(NCC)N1CCN(C(=O)c2ccco2)CC1)NC(=O)OC(C)(C)C. The van der Waals surface area contributed by atoms with E-state index in [9.17, 15) is 9.59 Å². The van der Waals surface area contributed by atoms with Crippen molar-refractivity contribution in [2.45, 2.75) is 59.1 Å². The number of nitrogens with one attached hydrogen (secondary N) is 2. The Hall–Kier alpha value is -2.71. The Kier molecular flexibility index (Phi) is 9.21. The number of aliphatic imine (C=N–C) groups is 1. The smallest absolute Gasteiger partial charge is 0.407 e. The zero-order chi connectivity index (χ0) is 22.9. The van der Waals surface area contributed by atoms with Crippen molar-refractivity contribution in [3.63, 3.8) is 0 Å². The zero-order valence-corrected chi connectivity index (χ0v) is 19.4. The number of guanidine groups is 1. The molecule has 0 spiro atoms. The Bertz CT molecular complexity index is 719. The predicted molar refractivity (Wildman–Crippen MR) is 120 cm³/mol. The number of carbonyl (C=O) groups is 2. The lowest BCUT2D eigenvalue weighted by atomic mass is 10.1. The lowest BCUT2D eigenvalue weighted by Gasteiger charge is -2.36. The van der Waals surface area contributed by atoms with Crippen LogP contribution >= 0.6 is 0 Å². The van der Waals surface area contributed by atoms with Gasteiger partial charge in [0, 0.05) is 32.7 Å².